The first-order chi connectivity index (χ1) is 12.2. The molecule has 26 heavy (non-hydrogen) atoms. The molecule has 5 unspecified atom stereocenters. The summed E-state index contributed by atoms with van der Waals surface area (Å²) < 4.78 is 15.7. The Morgan fingerprint density at radius 3 is 2.04 bits per heavy atom. The second kappa shape index (κ2) is 8.84. The van der Waals surface area contributed by atoms with E-state index in [1.54, 1.807) is 0 Å². The lowest BCUT2D eigenvalue weighted by Gasteiger charge is -2.46. The summed E-state index contributed by atoms with van der Waals surface area (Å²) in [7, 11) is 0. The number of carbonyl (C=O) groups excluding carboxylic acids is 1. The number of aliphatic hydroxyl groups excluding tert-OH is 7. The Bertz CT molecular complexity index is 478. The van der Waals surface area contributed by atoms with Crippen molar-refractivity contribution in [1.29, 1.82) is 0 Å². The van der Waals surface area contributed by atoms with E-state index in [-0.39, 0.29) is 0 Å². The second-order valence-electron chi connectivity index (χ2n) is 6.26. The van der Waals surface area contributed by atoms with E-state index in [1.165, 1.54) is 0 Å². The Balaban J connectivity index is 2.21. The topological polar surface area (TPSA) is 198 Å². The lowest BCUT2D eigenvalue weighted by atomic mass is 9.95. The molecule has 12 heteroatoms. The molecule has 0 saturated carbocycles. The van der Waals surface area contributed by atoms with Crippen molar-refractivity contribution in [2.45, 2.75) is 68.3 Å². The van der Waals surface area contributed by atoms with Crippen molar-refractivity contribution < 1.29 is 54.8 Å². The normalized spacial score (nSPS) is 46.8. The summed E-state index contributed by atoms with van der Waals surface area (Å²) >= 11 is 0. The van der Waals surface area contributed by atoms with Crippen LogP contribution in [0.4, 0.5) is 0 Å². The predicted molar refractivity (Wildman–Crippen MR) is 80.2 cm³/mol. The Morgan fingerprint density at radius 2 is 1.50 bits per heavy atom. The van der Waals surface area contributed by atoms with Gasteiger partial charge in [-0.3, -0.25) is 4.79 Å². The number of ether oxygens (including phenoxy) is 3. The molecule has 0 spiro atoms. The molecular formula is C14H25NO11. The number of amides is 1. The van der Waals surface area contributed by atoms with Gasteiger partial charge in [-0.1, -0.05) is 0 Å². The van der Waals surface area contributed by atoms with Gasteiger partial charge in [0.15, 0.2) is 12.6 Å². The van der Waals surface area contributed by atoms with Crippen molar-refractivity contribution in [1.82, 2.24) is 5.32 Å². The summed E-state index contributed by atoms with van der Waals surface area (Å²) in [5.74, 6) is -0.574. The molecule has 0 aromatic heterocycles. The lowest BCUT2D eigenvalue weighted by molar-refractivity contribution is -0.341. The van der Waals surface area contributed by atoms with Gasteiger partial charge in [-0.05, 0) is 0 Å². The van der Waals surface area contributed by atoms with E-state index in [0.29, 0.717) is 0 Å². The van der Waals surface area contributed by atoms with E-state index in [9.17, 15) is 40.5 Å². The van der Waals surface area contributed by atoms with Crippen LogP contribution in [-0.2, 0) is 19.0 Å². The van der Waals surface area contributed by atoms with E-state index in [2.05, 4.69) is 5.32 Å². The molecule has 2 aliphatic heterocycles. The first-order valence-corrected chi connectivity index (χ1v) is 8.06. The molecule has 0 radical (unpaired) electrons. The van der Waals surface area contributed by atoms with E-state index < -0.39 is 80.5 Å². The van der Waals surface area contributed by atoms with Crippen LogP contribution in [0.15, 0.2) is 0 Å². The molecule has 1 amide bonds. The van der Waals surface area contributed by atoms with Crippen molar-refractivity contribution in [3.8, 4) is 0 Å². The van der Waals surface area contributed by atoms with Crippen LogP contribution in [0, 0.1) is 0 Å². The molecule has 12 nitrogen and oxygen atoms in total. The largest absolute Gasteiger partial charge is 0.394 e. The first kappa shape index (κ1) is 21.4. The fourth-order valence-electron chi connectivity index (χ4n) is 2.97. The Labute approximate surface area is 148 Å². The third kappa shape index (κ3) is 4.31. The van der Waals surface area contributed by atoms with Crippen molar-refractivity contribution in [2.75, 3.05) is 13.2 Å². The molecular weight excluding hydrogens is 358 g/mol. The molecule has 152 valence electrons. The molecule has 0 aromatic carbocycles. The number of hydrogen-bond donors (Lipinski definition) is 8. The van der Waals surface area contributed by atoms with Gasteiger partial charge >= 0.3 is 0 Å². The van der Waals surface area contributed by atoms with Gasteiger partial charge in [0.05, 0.1) is 13.2 Å². The maximum atomic E-state index is 11.4. The van der Waals surface area contributed by atoms with Gasteiger partial charge < -0.3 is 55.3 Å². The van der Waals surface area contributed by atoms with Crippen LogP contribution in [0.5, 0.6) is 0 Å². The zero-order valence-corrected chi connectivity index (χ0v) is 14.0. The zero-order chi connectivity index (χ0) is 19.6. The molecule has 2 heterocycles. The SMILES string of the molecule is CC(=O)NC1C(O[C@@H]2OC(CO)[C@H](O)[C@H](O)C2O)[C@H](O)C(CO)O[C@@H]1O. The minimum absolute atomic E-state index is 0.574. The maximum Gasteiger partial charge on any atom is 0.217 e. The first-order valence-electron chi connectivity index (χ1n) is 8.06. The second-order valence-corrected chi connectivity index (χ2v) is 6.26. The van der Waals surface area contributed by atoms with Gasteiger partial charge in [0.1, 0.15) is 48.8 Å². The molecule has 2 fully saturated rings. The van der Waals surface area contributed by atoms with Gasteiger partial charge in [0, 0.05) is 6.92 Å². The summed E-state index contributed by atoms with van der Waals surface area (Å²) in [5, 5.41) is 70.7. The standard InChI is InChI=1S/C14H25NO11/c1-4(18)15-7-12(9(20)6(3-17)24-13(7)23)26-14-11(22)10(21)8(19)5(2-16)25-14/h5-14,16-17,19-23H,2-3H2,1H3,(H,15,18)/t5?,6?,7?,8-,9+,10-,11?,12?,13-,14-/m0/s1. The Kier molecular flexibility index (Phi) is 7.27. The zero-order valence-electron chi connectivity index (χ0n) is 14.0. The fourth-order valence-corrected chi connectivity index (χ4v) is 2.97. The third-order valence-electron chi connectivity index (χ3n) is 4.38. The van der Waals surface area contributed by atoms with Crippen molar-refractivity contribution in [3.63, 3.8) is 0 Å². The molecule has 2 saturated heterocycles. The van der Waals surface area contributed by atoms with Crippen molar-refractivity contribution in [3.05, 3.63) is 0 Å². The van der Waals surface area contributed by atoms with Crippen LogP contribution in [0.3, 0.4) is 0 Å². The van der Waals surface area contributed by atoms with Crippen LogP contribution < -0.4 is 5.32 Å². The van der Waals surface area contributed by atoms with E-state index in [0.717, 1.165) is 6.92 Å². The average molecular weight is 383 g/mol. The smallest absolute Gasteiger partial charge is 0.217 e. The van der Waals surface area contributed by atoms with E-state index in [4.69, 9.17) is 14.2 Å². The maximum absolute atomic E-state index is 11.4. The van der Waals surface area contributed by atoms with Gasteiger partial charge in [0.2, 0.25) is 5.91 Å². The number of hydrogen-bond acceptors (Lipinski definition) is 11. The van der Waals surface area contributed by atoms with Crippen LogP contribution in [0.2, 0.25) is 0 Å². The highest BCUT2D eigenvalue weighted by atomic mass is 16.7. The summed E-state index contributed by atoms with van der Waals surface area (Å²) in [6, 6.07) is -1.28. The summed E-state index contributed by atoms with van der Waals surface area (Å²) in [6.07, 6.45) is -13.7. The highest BCUT2D eigenvalue weighted by Crippen LogP contribution is 2.28. The number of nitrogens with one attached hydrogen (secondary N) is 1. The Hall–Kier alpha value is -0.930. The number of aliphatic hydroxyl groups is 7. The molecule has 0 aromatic rings. The molecule has 2 rings (SSSR count). The Morgan fingerprint density at radius 1 is 0.923 bits per heavy atom. The van der Waals surface area contributed by atoms with Crippen LogP contribution >= 0.6 is 0 Å². The number of rotatable bonds is 5. The fraction of sp³-hybridized carbons (Fsp3) is 0.929. The van der Waals surface area contributed by atoms with Gasteiger partial charge in [-0.25, -0.2) is 0 Å². The van der Waals surface area contributed by atoms with Crippen LogP contribution in [0.1, 0.15) is 6.92 Å². The molecule has 10 atom stereocenters. The lowest BCUT2D eigenvalue weighted by Crippen LogP contribution is -2.67. The highest BCUT2D eigenvalue weighted by Gasteiger charge is 2.50. The summed E-state index contributed by atoms with van der Waals surface area (Å²) in [6.45, 7) is -0.195. The number of carbonyl (C=O) groups is 1. The average Bonchev–Trinajstić information content (AvgIpc) is 2.60. The van der Waals surface area contributed by atoms with Gasteiger partial charge in [-0.15, -0.1) is 0 Å². The van der Waals surface area contributed by atoms with Crippen LogP contribution in [0.25, 0.3) is 0 Å². The van der Waals surface area contributed by atoms with Crippen molar-refractivity contribution >= 4 is 5.91 Å². The molecule has 8 N–H and O–H groups in total. The van der Waals surface area contributed by atoms with Crippen LogP contribution in [-0.4, -0.2) is 116 Å². The van der Waals surface area contributed by atoms with E-state index in [1.807, 2.05) is 0 Å². The summed E-state index contributed by atoms with van der Waals surface area (Å²) in [4.78, 5) is 11.4. The minimum Gasteiger partial charge on any atom is -0.394 e. The molecule has 0 bridgehead atoms. The molecule has 0 aliphatic carbocycles. The van der Waals surface area contributed by atoms with Gasteiger partial charge in [-0.2, -0.15) is 0 Å². The predicted octanol–water partition coefficient (Wildman–Crippen LogP) is -5.25. The minimum atomic E-state index is -1.74. The quantitative estimate of drug-likeness (QED) is 0.226. The highest BCUT2D eigenvalue weighted by molar-refractivity contribution is 5.73. The van der Waals surface area contributed by atoms with Crippen molar-refractivity contribution in [2.24, 2.45) is 0 Å². The monoisotopic (exact) mass is 383 g/mol. The van der Waals surface area contributed by atoms with E-state index >= 15 is 0 Å². The summed E-state index contributed by atoms with van der Waals surface area (Å²) in [5.41, 5.74) is 0. The third-order valence-corrected chi connectivity index (χ3v) is 4.38. The molecule has 2 aliphatic rings. The van der Waals surface area contributed by atoms with Gasteiger partial charge in [0.25, 0.3) is 0 Å².